The number of amides is 2. The second-order valence-electron chi connectivity index (χ2n) is 9.27. The molecule has 7 heteroatoms. The molecule has 2 aliphatic heterocycles. The molecule has 4 rings (SSSR count). The van der Waals surface area contributed by atoms with Gasteiger partial charge in [0.25, 0.3) is 0 Å². The van der Waals surface area contributed by atoms with Gasteiger partial charge >= 0.3 is 0 Å². The molecular weight excluding hydrogens is 428 g/mol. The van der Waals surface area contributed by atoms with Crippen LogP contribution in [0.3, 0.4) is 0 Å². The van der Waals surface area contributed by atoms with Crippen molar-refractivity contribution in [3.8, 4) is 5.75 Å². The minimum absolute atomic E-state index is 0.00452. The van der Waals surface area contributed by atoms with Crippen LogP contribution in [-0.2, 0) is 9.59 Å². The van der Waals surface area contributed by atoms with Crippen molar-refractivity contribution in [3.63, 3.8) is 0 Å². The fraction of sp³-hybridized carbons (Fsp3) is 0.481. The lowest BCUT2D eigenvalue weighted by Gasteiger charge is -2.36. The molecule has 0 aromatic heterocycles. The average Bonchev–Trinajstić information content (AvgIpc) is 3.26. The topological polar surface area (TPSA) is 65.1 Å². The summed E-state index contributed by atoms with van der Waals surface area (Å²) in [6.45, 7) is 8.56. The minimum Gasteiger partial charge on any atom is -0.497 e. The van der Waals surface area contributed by atoms with Crippen molar-refractivity contribution in [2.24, 2.45) is 5.92 Å². The number of ether oxygens (including phenoxy) is 1. The SMILES string of the molecule is COc1ccc(N2CC(C(=O)NCCCCN3CCN(c4cccc(C)c4)CC3)CC2=O)cc1. The Labute approximate surface area is 202 Å². The van der Waals surface area contributed by atoms with Crippen LogP contribution >= 0.6 is 0 Å². The van der Waals surface area contributed by atoms with E-state index in [1.807, 2.05) is 24.3 Å². The third-order valence-electron chi connectivity index (χ3n) is 6.82. The lowest BCUT2D eigenvalue weighted by molar-refractivity contribution is -0.126. The number of nitrogens with one attached hydrogen (secondary N) is 1. The molecular formula is C27H36N4O3. The second-order valence-corrected chi connectivity index (χ2v) is 9.27. The number of piperazine rings is 1. The fourth-order valence-corrected chi connectivity index (χ4v) is 4.77. The zero-order valence-electron chi connectivity index (χ0n) is 20.3. The van der Waals surface area contributed by atoms with Gasteiger partial charge in [-0.25, -0.2) is 0 Å². The summed E-state index contributed by atoms with van der Waals surface area (Å²) < 4.78 is 5.18. The molecule has 7 nitrogen and oxygen atoms in total. The van der Waals surface area contributed by atoms with Crippen LogP contribution in [0.4, 0.5) is 11.4 Å². The highest BCUT2D eigenvalue weighted by Gasteiger charge is 2.34. The average molecular weight is 465 g/mol. The van der Waals surface area contributed by atoms with Gasteiger partial charge in [-0.2, -0.15) is 0 Å². The van der Waals surface area contributed by atoms with E-state index in [1.54, 1.807) is 12.0 Å². The van der Waals surface area contributed by atoms with Gasteiger partial charge in [-0.1, -0.05) is 12.1 Å². The predicted octanol–water partition coefficient (Wildman–Crippen LogP) is 3.08. The van der Waals surface area contributed by atoms with E-state index in [1.165, 1.54) is 11.3 Å². The first kappa shape index (κ1) is 24.1. The Hall–Kier alpha value is -3.06. The Morgan fingerprint density at radius 2 is 1.79 bits per heavy atom. The zero-order chi connectivity index (χ0) is 23.9. The first-order chi connectivity index (χ1) is 16.5. The van der Waals surface area contributed by atoms with Crippen molar-refractivity contribution >= 4 is 23.2 Å². The number of methoxy groups -OCH3 is 1. The number of nitrogens with zero attached hydrogens (tertiary/aromatic N) is 3. The molecule has 0 aliphatic carbocycles. The Kier molecular flexibility index (Phi) is 8.06. The highest BCUT2D eigenvalue weighted by molar-refractivity contribution is 6.00. The van der Waals surface area contributed by atoms with Crippen molar-refractivity contribution in [2.45, 2.75) is 26.2 Å². The number of hydrogen-bond acceptors (Lipinski definition) is 5. The molecule has 0 bridgehead atoms. The molecule has 0 saturated carbocycles. The Bertz CT molecular complexity index is 970. The van der Waals surface area contributed by atoms with Crippen LogP contribution in [0.15, 0.2) is 48.5 Å². The number of carbonyl (C=O) groups excluding carboxylic acids is 2. The largest absolute Gasteiger partial charge is 0.497 e. The molecule has 0 radical (unpaired) electrons. The van der Waals surface area contributed by atoms with E-state index in [4.69, 9.17) is 4.74 Å². The lowest BCUT2D eigenvalue weighted by atomic mass is 10.1. The number of hydrogen-bond donors (Lipinski definition) is 1. The normalized spacial score (nSPS) is 18.9. The molecule has 2 saturated heterocycles. The van der Waals surface area contributed by atoms with Crippen LogP contribution in [0.25, 0.3) is 0 Å². The van der Waals surface area contributed by atoms with Gasteiger partial charge in [-0.15, -0.1) is 0 Å². The third-order valence-corrected chi connectivity index (χ3v) is 6.82. The van der Waals surface area contributed by atoms with Gasteiger partial charge in [-0.05, 0) is 68.3 Å². The Morgan fingerprint density at radius 3 is 2.50 bits per heavy atom. The fourth-order valence-electron chi connectivity index (χ4n) is 4.77. The second kappa shape index (κ2) is 11.4. The maximum absolute atomic E-state index is 12.6. The van der Waals surface area contributed by atoms with E-state index in [0.717, 1.165) is 57.0 Å². The van der Waals surface area contributed by atoms with Crippen LogP contribution in [0.5, 0.6) is 5.75 Å². The lowest BCUT2D eigenvalue weighted by Crippen LogP contribution is -2.46. The van der Waals surface area contributed by atoms with Crippen molar-refractivity contribution < 1.29 is 14.3 Å². The maximum atomic E-state index is 12.6. The number of benzene rings is 2. The summed E-state index contributed by atoms with van der Waals surface area (Å²) >= 11 is 0. The van der Waals surface area contributed by atoms with Gasteiger partial charge in [0, 0.05) is 57.1 Å². The first-order valence-corrected chi connectivity index (χ1v) is 12.3. The summed E-state index contributed by atoms with van der Waals surface area (Å²) in [5.41, 5.74) is 3.43. The maximum Gasteiger partial charge on any atom is 0.227 e. The van der Waals surface area contributed by atoms with Gasteiger partial charge in [0.15, 0.2) is 0 Å². The number of unbranched alkanes of at least 4 members (excludes halogenated alkanes) is 1. The summed E-state index contributed by atoms with van der Waals surface area (Å²) in [7, 11) is 1.61. The highest BCUT2D eigenvalue weighted by Crippen LogP contribution is 2.27. The number of aryl methyl sites for hydroxylation is 1. The molecule has 1 unspecified atom stereocenters. The summed E-state index contributed by atoms with van der Waals surface area (Å²) in [6.07, 6.45) is 2.28. The van der Waals surface area contributed by atoms with Crippen LogP contribution in [-0.4, -0.2) is 69.6 Å². The van der Waals surface area contributed by atoms with E-state index in [2.05, 4.69) is 46.3 Å². The minimum atomic E-state index is -0.288. The molecule has 2 amide bonds. The van der Waals surface area contributed by atoms with Crippen molar-refractivity contribution in [2.75, 3.05) is 62.7 Å². The van der Waals surface area contributed by atoms with Crippen molar-refractivity contribution in [1.82, 2.24) is 10.2 Å². The van der Waals surface area contributed by atoms with Crippen LogP contribution in [0.2, 0.25) is 0 Å². The van der Waals surface area contributed by atoms with E-state index < -0.39 is 0 Å². The molecule has 2 fully saturated rings. The van der Waals surface area contributed by atoms with Crippen molar-refractivity contribution in [3.05, 3.63) is 54.1 Å². The quantitative estimate of drug-likeness (QED) is 0.578. The van der Waals surface area contributed by atoms with Gasteiger partial charge in [-0.3, -0.25) is 14.5 Å². The van der Waals surface area contributed by atoms with E-state index >= 15 is 0 Å². The monoisotopic (exact) mass is 464 g/mol. The van der Waals surface area contributed by atoms with Gasteiger partial charge in [0.2, 0.25) is 11.8 Å². The Morgan fingerprint density at radius 1 is 1.03 bits per heavy atom. The molecule has 2 aromatic carbocycles. The van der Waals surface area contributed by atoms with E-state index in [-0.39, 0.29) is 24.2 Å². The molecule has 2 aliphatic rings. The molecule has 0 spiro atoms. The number of anilines is 2. The molecule has 1 N–H and O–H groups in total. The molecule has 34 heavy (non-hydrogen) atoms. The number of rotatable bonds is 9. The Balaban J connectivity index is 1.12. The smallest absolute Gasteiger partial charge is 0.227 e. The van der Waals surface area contributed by atoms with Gasteiger partial charge in [0.05, 0.1) is 13.0 Å². The highest BCUT2D eigenvalue weighted by atomic mass is 16.5. The van der Waals surface area contributed by atoms with Crippen LogP contribution in [0, 0.1) is 12.8 Å². The zero-order valence-corrected chi connectivity index (χ0v) is 20.3. The van der Waals surface area contributed by atoms with Gasteiger partial charge in [0.1, 0.15) is 5.75 Å². The van der Waals surface area contributed by atoms with E-state index in [0.29, 0.717) is 13.1 Å². The summed E-state index contributed by atoms with van der Waals surface area (Å²) in [6, 6.07) is 16.1. The van der Waals surface area contributed by atoms with Crippen LogP contribution < -0.4 is 19.9 Å². The number of carbonyl (C=O) groups is 2. The summed E-state index contributed by atoms with van der Waals surface area (Å²) in [5.74, 6) is 0.438. The van der Waals surface area contributed by atoms with E-state index in [9.17, 15) is 9.59 Å². The summed E-state index contributed by atoms with van der Waals surface area (Å²) in [4.78, 5) is 31.7. The van der Waals surface area contributed by atoms with Crippen molar-refractivity contribution in [1.29, 1.82) is 0 Å². The first-order valence-electron chi connectivity index (χ1n) is 12.3. The summed E-state index contributed by atoms with van der Waals surface area (Å²) in [5, 5.41) is 3.04. The molecule has 182 valence electrons. The molecule has 1 atom stereocenters. The van der Waals surface area contributed by atoms with Gasteiger partial charge < -0.3 is 19.9 Å². The molecule has 2 aromatic rings. The van der Waals surface area contributed by atoms with Crippen LogP contribution in [0.1, 0.15) is 24.8 Å². The third kappa shape index (κ3) is 6.08. The standard InChI is InChI=1S/C27H36N4O3/c1-21-6-5-7-24(18-21)30-16-14-29(15-17-30)13-4-3-12-28-27(33)22-19-26(32)31(20-22)23-8-10-25(34-2)11-9-23/h5-11,18,22H,3-4,12-17,19-20H2,1-2H3,(H,28,33). The molecule has 2 heterocycles. The predicted molar refractivity (Wildman–Crippen MR) is 136 cm³/mol.